The first kappa shape index (κ1) is 18.7. The maximum absolute atomic E-state index is 12.9. The lowest BCUT2D eigenvalue weighted by molar-refractivity contribution is 0.0601. The molecule has 0 bridgehead atoms. The zero-order valence-electron chi connectivity index (χ0n) is 15.5. The molecule has 1 aromatic carbocycles. The summed E-state index contributed by atoms with van der Waals surface area (Å²) in [5, 5.41) is 0. The van der Waals surface area contributed by atoms with E-state index in [1.165, 1.54) is 22.8 Å². The van der Waals surface area contributed by atoms with Crippen LogP contribution in [0.3, 0.4) is 0 Å². The van der Waals surface area contributed by atoms with Crippen molar-refractivity contribution in [3.05, 3.63) is 79.3 Å². The molecule has 148 valence electrons. The number of furan rings is 1. The van der Waals surface area contributed by atoms with Crippen LogP contribution in [0.4, 0.5) is 0 Å². The van der Waals surface area contributed by atoms with Crippen LogP contribution < -0.4 is 10.1 Å². The Morgan fingerprint density at radius 1 is 1.27 bits per heavy atom. The number of fused-ring (bicyclic) bond motifs is 3. The normalized spacial score (nSPS) is 12.1. The van der Waals surface area contributed by atoms with Crippen molar-refractivity contribution < 1.29 is 13.9 Å². The molecule has 5 aromatic rings. The third-order valence-electron chi connectivity index (χ3n) is 4.55. The van der Waals surface area contributed by atoms with Gasteiger partial charge >= 0.3 is 5.97 Å². The number of pyridine rings is 1. The second-order valence-electron chi connectivity index (χ2n) is 6.38. The van der Waals surface area contributed by atoms with Crippen molar-refractivity contribution in [3.63, 3.8) is 0 Å². The van der Waals surface area contributed by atoms with Crippen molar-refractivity contribution >= 4 is 55.4 Å². The molecule has 0 aliphatic carbocycles. The molecule has 0 atom stereocenters. The Bertz CT molecular complexity index is 1550. The van der Waals surface area contributed by atoms with Gasteiger partial charge in [0, 0.05) is 22.3 Å². The Kier molecular flexibility index (Phi) is 4.48. The summed E-state index contributed by atoms with van der Waals surface area (Å²) in [5.74, 6) is 0.555. The summed E-state index contributed by atoms with van der Waals surface area (Å²) in [4.78, 5) is 34.3. The summed E-state index contributed by atoms with van der Waals surface area (Å²) in [7, 11) is 1.33. The van der Waals surface area contributed by atoms with Gasteiger partial charge in [-0.2, -0.15) is 0 Å². The number of thiazole rings is 1. The molecule has 0 N–H and O–H groups in total. The number of benzene rings is 1. The summed E-state index contributed by atoms with van der Waals surface area (Å²) in [6.07, 6.45) is 3.30. The molecule has 9 heteroatoms. The Hall–Kier alpha value is -3.30. The SMILES string of the molecule is COC(=O)c1ccccc1-c1ccc(/C=c2\sc3nc4cc(Br)cnc4n3c2=O)o1. The molecule has 0 spiro atoms. The molecule has 7 nitrogen and oxygen atoms in total. The van der Waals surface area contributed by atoms with Gasteiger partial charge < -0.3 is 9.15 Å². The van der Waals surface area contributed by atoms with Crippen LogP contribution in [-0.4, -0.2) is 27.4 Å². The van der Waals surface area contributed by atoms with E-state index < -0.39 is 5.97 Å². The highest BCUT2D eigenvalue weighted by Gasteiger charge is 2.16. The van der Waals surface area contributed by atoms with Gasteiger partial charge in [0.2, 0.25) is 0 Å². The van der Waals surface area contributed by atoms with Gasteiger partial charge in [0.1, 0.15) is 21.6 Å². The number of carbonyl (C=O) groups excluding carboxylic acids is 1. The number of rotatable bonds is 3. The number of halogens is 1. The maximum atomic E-state index is 12.9. The second kappa shape index (κ2) is 7.19. The lowest BCUT2D eigenvalue weighted by atomic mass is 10.1. The molecular formula is C21H12BrN3O4S. The van der Waals surface area contributed by atoms with Crippen molar-refractivity contribution in [2.75, 3.05) is 7.11 Å². The fourth-order valence-corrected chi connectivity index (χ4v) is 4.48. The van der Waals surface area contributed by atoms with E-state index in [2.05, 4.69) is 25.9 Å². The standard InChI is InChI=1S/C21H12BrN3O4S/c1-28-20(27)14-5-3-2-4-13(14)16-7-6-12(29-16)9-17-19(26)25-18-15(24-21(25)30-17)8-11(22)10-23-18/h2-10H,1H3/b17-9-. The highest BCUT2D eigenvalue weighted by atomic mass is 79.9. The Morgan fingerprint density at radius 2 is 2.10 bits per heavy atom. The molecule has 0 saturated heterocycles. The minimum absolute atomic E-state index is 0.208. The van der Waals surface area contributed by atoms with E-state index in [1.54, 1.807) is 42.6 Å². The number of ether oxygens (including phenoxy) is 1. The number of imidazole rings is 1. The van der Waals surface area contributed by atoms with Crippen LogP contribution in [0.5, 0.6) is 0 Å². The minimum atomic E-state index is -0.445. The molecule has 0 aliphatic rings. The largest absolute Gasteiger partial charge is 0.465 e. The number of aromatic nitrogens is 3. The van der Waals surface area contributed by atoms with Gasteiger partial charge in [-0.3, -0.25) is 4.79 Å². The van der Waals surface area contributed by atoms with Gasteiger partial charge in [-0.15, -0.1) is 0 Å². The van der Waals surface area contributed by atoms with Crippen LogP contribution in [0.1, 0.15) is 16.1 Å². The average Bonchev–Trinajstić information content (AvgIpc) is 3.43. The number of hydrogen-bond donors (Lipinski definition) is 0. The minimum Gasteiger partial charge on any atom is -0.465 e. The molecule has 0 radical (unpaired) electrons. The van der Waals surface area contributed by atoms with E-state index in [-0.39, 0.29) is 5.56 Å². The molecule has 0 amide bonds. The van der Waals surface area contributed by atoms with E-state index in [4.69, 9.17) is 9.15 Å². The van der Waals surface area contributed by atoms with E-state index in [0.29, 0.717) is 43.3 Å². The predicted molar refractivity (Wildman–Crippen MR) is 117 cm³/mol. The first-order valence-corrected chi connectivity index (χ1v) is 10.4. The smallest absolute Gasteiger partial charge is 0.338 e. The van der Waals surface area contributed by atoms with Crippen LogP contribution in [0.15, 0.2) is 62.3 Å². The zero-order valence-corrected chi connectivity index (χ0v) is 17.9. The third kappa shape index (κ3) is 3.03. The lowest BCUT2D eigenvalue weighted by Crippen LogP contribution is -2.22. The summed E-state index contributed by atoms with van der Waals surface area (Å²) in [5.41, 5.74) is 1.98. The van der Waals surface area contributed by atoms with Crippen LogP contribution in [0, 0.1) is 0 Å². The van der Waals surface area contributed by atoms with Gasteiger partial charge in [-0.05, 0) is 40.2 Å². The van der Waals surface area contributed by atoms with Gasteiger partial charge in [0.25, 0.3) is 5.56 Å². The van der Waals surface area contributed by atoms with Gasteiger partial charge in [-0.1, -0.05) is 29.5 Å². The summed E-state index contributed by atoms with van der Waals surface area (Å²) >= 11 is 4.62. The molecule has 5 rings (SSSR count). The van der Waals surface area contributed by atoms with Gasteiger partial charge in [0.05, 0.1) is 12.7 Å². The van der Waals surface area contributed by atoms with E-state index in [1.807, 2.05) is 12.1 Å². The summed E-state index contributed by atoms with van der Waals surface area (Å²) < 4.78 is 13.5. The number of carbonyl (C=O) groups is 1. The van der Waals surface area contributed by atoms with Crippen molar-refractivity contribution in [1.29, 1.82) is 0 Å². The molecule has 0 unspecified atom stereocenters. The maximum Gasteiger partial charge on any atom is 0.338 e. The number of nitrogens with zero attached hydrogens (tertiary/aromatic N) is 3. The van der Waals surface area contributed by atoms with Crippen molar-refractivity contribution in [3.8, 4) is 11.3 Å². The highest BCUT2D eigenvalue weighted by molar-refractivity contribution is 9.10. The molecule has 4 heterocycles. The number of hydrogen-bond acceptors (Lipinski definition) is 7. The monoisotopic (exact) mass is 481 g/mol. The highest BCUT2D eigenvalue weighted by Crippen LogP contribution is 2.27. The zero-order chi connectivity index (χ0) is 20.8. The topological polar surface area (TPSA) is 86.7 Å². The Morgan fingerprint density at radius 3 is 2.93 bits per heavy atom. The lowest BCUT2D eigenvalue weighted by Gasteiger charge is -2.04. The molecule has 0 fully saturated rings. The molecule has 0 saturated carbocycles. The van der Waals surface area contributed by atoms with E-state index in [9.17, 15) is 9.59 Å². The molecular weight excluding hydrogens is 470 g/mol. The van der Waals surface area contributed by atoms with Crippen molar-refractivity contribution in [2.45, 2.75) is 0 Å². The Balaban J connectivity index is 1.60. The van der Waals surface area contributed by atoms with Crippen molar-refractivity contribution in [2.24, 2.45) is 0 Å². The Labute approximate surface area is 181 Å². The van der Waals surface area contributed by atoms with Gasteiger partial charge in [0.15, 0.2) is 10.6 Å². The quantitative estimate of drug-likeness (QED) is 0.365. The molecule has 4 aromatic heterocycles. The van der Waals surface area contributed by atoms with Crippen LogP contribution in [-0.2, 0) is 4.74 Å². The fraction of sp³-hybridized carbons (Fsp3) is 0.0476. The van der Waals surface area contributed by atoms with Gasteiger partial charge in [-0.25, -0.2) is 19.2 Å². The first-order chi connectivity index (χ1) is 14.5. The number of esters is 1. The second-order valence-corrected chi connectivity index (χ2v) is 8.31. The summed E-state index contributed by atoms with van der Waals surface area (Å²) in [6, 6.07) is 12.4. The first-order valence-electron chi connectivity index (χ1n) is 8.81. The summed E-state index contributed by atoms with van der Waals surface area (Å²) in [6.45, 7) is 0. The molecule has 0 aliphatic heterocycles. The van der Waals surface area contributed by atoms with Crippen LogP contribution in [0.25, 0.3) is 33.5 Å². The van der Waals surface area contributed by atoms with E-state index in [0.717, 1.165) is 4.47 Å². The van der Waals surface area contributed by atoms with Crippen molar-refractivity contribution in [1.82, 2.24) is 14.4 Å². The predicted octanol–water partition coefficient (Wildman–Crippen LogP) is 3.66. The van der Waals surface area contributed by atoms with Crippen LogP contribution in [0.2, 0.25) is 0 Å². The average molecular weight is 482 g/mol. The van der Waals surface area contributed by atoms with Crippen LogP contribution >= 0.6 is 27.3 Å². The fourth-order valence-electron chi connectivity index (χ4n) is 3.20. The third-order valence-corrected chi connectivity index (χ3v) is 5.95. The van der Waals surface area contributed by atoms with E-state index >= 15 is 0 Å². The number of methoxy groups -OCH3 is 1. The molecule has 30 heavy (non-hydrogen) atoms.